The third-order valence-corrected chi connectivity index (χ3v) is 4.07. The lowest BCUT2D eigenvalue weighted by atomic mass is 9.82. The zero-order valence-electron chi connectivity index (χ0n) is 10.3. The Hall–Kier alpha value is -0.570. The minimum atomic E-state index is 0.289. The van der Waals surface area contributed by atoms with Gasteiger partial charge in [0.2, 0.25) is 5.91 Å². The third kappa shape index (κ3) is 3.21. The van der Waals surface area contributed by atoms with E-state index >= 15 is 0 Å². The van der Waals surface area contributed by atoms with Gasteiger partial charge in [-0.15, -0.1) is 0 Å². The summed E-state index contributed by atoms with van der Waals surface area (Å²) in [4.78, 5) is 11.9. The van der Waals surface area contributed by atoms with Gasteiger partial charge in [-0.3, -0.25) is 4.79 Å². The first-order valence-corrected chi connectivity index (χ1v) is 6.77. The highest BCUT2D eigenvalue weighted by Crippen LogP contribution is 2.28. The summed E-state index contributed by atoms with van der Waals surface area (Å²) >= 11 is 0. The highest BCUT2D eigenvalue weighted by atomic mass is 16.1. The minimum Gasteiger partial charge on any atom is -0.354 e. The maximum Gasteiger partial charge on any atom is 0.223 e. The average Bonchev–Trinajstić information content (AvgIpc) is 2.80. The fourth-order valence-corrected chi connectivity index (χ4v) is 2.82. The number of hydrogen-bond donors (Lipinski definition) is 2. The summed E-state index contributed by atoms with van der Waals surface area (Å²) in [5.74, 6) is 1.40. The van der Waals surface area contributed by atoms with Gasteiger partial charge in [0.05, 0.1) is 0 Å². The van der Waals surface area contributed by atoms with Crippen LogP contribution in [0.5, 0.6) is 0 Å². The highest BCUT2D eigenvalue weighted by Gasteiger charge is 2.24. The molecule has 0 aromatic heterocycles. The number of hydrogen-bond acceptors (Lipinski definition) is 2. The molecule has 92 valence electrons. The Morgan fingerprint density at radius 1 is 1.25 bits per heavy atom. The fourth-order valence-electron chi connectivity index (χ4n) is 2.82. The lowest BCUT2D eigenvalue weighted by Gasteiger charge is -2.25. The van der Waals surface area contributed by atoms with Crippen molar-refractivity contribution in [1.29, 1.82) is 0 Å². The van der Waals surface area contributed by atoms with Gasteiger partial charge in [0.15, 0.2) is 0 Å². The molecule has 2 aliphatic rings. The number of carbonyl (C=O) groups excluding carboxylic acids is 1. The third-order valence-electron chi connectivity index (χ3n) is 4.07. The molecular formula is C13H24N2O. The largest absolute Gasteiger partial charge is 0.354 e. The summed E-state index contributed by atoms with van der Waals surface area (Å²) in [6, 6.07) is 0.520. The van der Waals surface area contributed by atoms with Gasteiger partial charge in [-0.1, -0.05) is 6.92 Å². The van der Waals surface area contributed by atoms with E-state index in [2.05, 4.69) is 17.6 Å². The van der Waals surface area contributed by atoms with Crippen molar-refractivity contribution in [2.24, 2.45) is 11.8 Å². The van der Waals surface area contributed by atoms with Crippen molar-refractivity contribution in [3.63, 3.8) is 0 Å². The first-order chi connectivity index (χ1) is 7.75. The Morgan fingerprint density at radius 2 is 2.00 bits per heavy atom. The van der Waals surface area contributed by atoms with Gasteiger partial charge in [-0.05, 0) is 51.0 Å². The lowest BCUT2D eigenvalue weighted by Crippen LogP contribution is -2.40. The molecular weight excluding hydrogens is 200 g/mol. The molecule has 2 rings (SSSR count). The van der Waals surface area contributed by atoms with E-state index in [-0.39, 0.29) is 5.92 Å². The van der Waals surface area contributed by atoms with Gasteiger partial charge in [0.1, 0.15) is 0 Å². The van der Waals surface area contributed by atoms with E-state index in [0.29, 0.717) is 11.9 Å². The van der Waals surface area contributed by atoms with Gasteiger partial charge in [0, 0.05) is 18.5 Å². The molecule has 1 aliphatic carbocycles. The van der Waals surface area contributed by atoms with Crippen molar-refractivity contribution in [3.05, 3.63) is 0 Å². The van der Waals surface area contributed by atoms with Crippen LogP contribution in [0.2, 0.25) is 0 Å². The second kappa shape index (κ2) is 5.67. The summed E-state index contributed by atoms with van der Waals surface area (Å²) in [6.07, 6.45) is 7.08. The minimum absolute atomic E-state index is 0.289. The second-order valence-electron chi connectivity index (χ2n) is 5.50. The second-order valence-corrected chi connectivity index (χ2v) is 5.50. The summed E-state index contributed by atoms with van der Waals surface area (Å²) in [5.41, 5.74) is 0. The molecule has 0 radical (unpaired) electrons. The molecule has 0 spiro atoms. The first kappa shape index (κ1) is 11.9. The summed E-state index contributed by atoms with van der Waals surface area (Å²) in [6.45, 7) is 4.23. The zero-order chi connectivity index (χ0) is 11.4. The molecule has 2 N–H and O–H groups in total. The van der Waals surface area contributed by atoms with E-state index in [9.17, 15) is 4.79 Å². The molecule has 1 atom stereocenters. The highest BCUT2D eigenvalue weighted by molar-refractivity contribution is 5.78. The van der Waals surface area contributed by atoms with Crippen molar-refractivity contribution in [1.82, 2.24) is 10.6 Å². The molecule has 1 unspecified atom stereocenters. The van der Waals surface area contributed by atoms with Gasteiger partial charge in [-0.25, -0.2) is 0 Å². The van der Waals surface area contributed by atoms with Crippen LogP contribution in [0.4, 0.5) is 0 Å². The molecule has 3 heteroatoms. The van der Waals surface area contributed by atoms with Gasteiger partial charge in [-0.2, -0.15) is 0 Å². The van der Waals surface area contributed by atoms with E-state index in [0.717, 1.165) is 31.8 Å². The van der Waals surface area contributed by atoms with Crippen LogP contribution in [0.15, 0.2) is 0 Å². The van der Waals surface area contributed by atoms with Crippen LogP contribution in [-0.4, -0.2) is 25.0 Å². The SMILES string of the molecule is CC1CCC(C(=O)NCC2CCCN2)CC1. The standard InChI is InChI=1S/C13H24N2O/c1-10-4-6-11(7-5-10)13(16)15-9-12-3-2-8-14-12/h10-12,14H,2-9H2,1H3,(H,15,16). The molecule has 0 aromatic carbocycles. The molecule has 1 amide bonds. The number of nitrogens with one attached hydrogen (secondary N) is 2. The summed E-state index contributed by atoms with van der Waals surface area (Å²) < 4.78 is 0. The van der Waals surface area contributed by atoms with Crippen LogP contribution >= 0.6 is 0 Å². The zero-order valence-corrected chi connectivity index (χ0v) is 10.3. The maximum atomic E-state index is 11.9. The molecule has 16 heavy (non-hydrogen) atoms. The quantitative estimate of drug-likeness (QED) is 0.766. The number of rotatable bonds is 3. The molecule has 0 bridgehead atoms. The van der Waals surface area contributed by atoms with Crippen LogP contribution in [0, 0.1) is 11.8 Å². The van der Waals surface area contributed by atoms with E-state index in [1.54, 1.807) is 0 Å². The van der Waals surface area contributed by atoms with Gasteiger partial charge >= 0.3 is 0 Å². The number of amides is 1. The molecule has 1 saturated carbocycles. The molecule has 1 heterocycles. The Labute approximate surface area is 98.4 Å². The van der Waals surface area contributed by atoms with Gasteiger partial charge < -0.3 is 10.6 Å². The molecule has 3 nitrogen and oxygen atoms in total. The van der Waals surface area contributed by atoms with E-state index in [1.807, 2.05) is 0 Å². The van der Waals surface area contributed by atoms with Gasteiger partial charge in [0.25, 0.3) is 0 Å². The molecule has 2 fully saturated rings. The van der Waals surface area contributed by atoms with Crippen LogP contribution in [0.1, 0.15) is 45.4 Å². The topological polar surface area (TPSA) is 41.1 Å². The van der Waals surface area contributed by atoms with Crippen molar-refractivity contribution in [3.8, 4) is 0 Å². The lowest BCUT2D eigenvalue weighted by molar-refractivity contribution is -0.126. The van der Waals surface area contributed by atoms with Crippen molar-refractivity contribution < 1.29 is 4.79 Å². The normalized spacial score (nSPS) is 34.9. The van der Waals surface area contributed by atoms with Crippen LogP contribution in [-0.2, 0) is 4.79 Å². The summed E-state index contributed by atoms with van der Waals surface area (Å²) in [7, 11) is 0. The first-order valence-electron chi connectivity index (χ1n) is 6.77. The van der Waals surface area contributed by atoms with E-state index in [1.165, 1.54) is 25.7 Å². The maximum absolute atomic E-state index is 11.9. The van der Waals surface area contributed by atoms with Crippen molar-refractivity contribution in [2.75, 3.05) is 13.1 Å². The van der Waals surface area contributed by atoms with Crippen molar-refractivity contribution >= 4 is 5.91 Å². The fraction of sp³-hybridized carbons (Fsp3) is 0.923. The van der Waals surface area contributed by atoms with E-state index < -0.39 is 0 Å². The van der Waals surface area contributed by atoms with E-state index in [4.69, 9.17) is 0 Å². The molecule has 0 aromatic rings. The van der Waals surface area contributed by atoms with Crippen LogP contribution < -0.4 is 10.6 Å². The van der Waals surface area contributed by atoms with Crippen LogP contribution in [0.3, 0.4) is 0 Å². The smallest absolute Gasteiger partial charge is 0.223 e. The average molecular weight is 224 g/mol. The summed E-state index contributed by atoms with van der Waals surface area (Å²) in [5, 5.41) is 6.51. The number of carbonyl (C=O) groups is 1. The van der Waals surface area contributed by atoms with Crippen LogP contribution in [0.25, 0.3) is 0 Å². The predicted octanol–water partition coefficient (Wildman–Crippen LogP) is 1.68. The predicted molar refractivity (Wildman–Crippen MR) is 65.2 cm³/mol. The molecule has 1 aliphatic heterocycles. The van der Waals surface area contributed by atoms with Crippen molar-refractivity contribution in [2.45, 2.75) is 51.5 Å². The Kier molecular flexibility index (Phi) is 4.22. The Morgan fingerprint density at radius 3 is 2.62 bits per heavy atom. The Balaban J connectivity index is 1.67. The Bertz CT molecular complexity index is 228. The monoisotopic (exact) mass is 224 g/mol. The molecule has 1 saturated heterocycles.